The second kappa shape index (κ2) is 11.8. The van der Waals surface area contributed by atoms with Crippen LogP contribution in [0.15, 0.2) is 65.1 Å². The van der Waals surface area contributed by atoms with Crippen LogP contribution in [0.2, 0.25) is 10.0 Å². The van der Waals surface area contributed by atoms with Crippen LogP contribution in [0, 0.1) is 0 Å². The van der Waals surface area contributed by atoms with Gasteiger partial charge in [-0.2, -0.15) is 0 Å². The van der Waals surface area contributed by atoms with E-state index in [9.17, 15) is 9.59 Å². The highest BCUT2D eigenvalue weighted by Crippen LogP contribution is 2.33. The molecule has 10 heteroatoms. The molecule has 2 N–H and O–H groups in total. The minimum atomic E-state index is -0.633. The zero-order valence-electron chi connectivity index (χ0n) is 21.2. The topological polar surface area (TPSA) is 79.9 Å². The third-order valence-electron chi connectivity index (χ3n) is 5.69. The Balaban J connectivity index is 1.42. The Morgan fingerprint density at radius 2 is 1.82 bits per heavy atom. The van der Waals surface area contributed by atoms with Gasteiger partial charge in [0.1, 0.15) is 17.1 Å². The van der Waals surface area contributed by atoms with Gasteiger partial charge in [-0.05, 0) is 63.1 Å². The molecule has 200 valence electrons. The summed E-state index contributed by atoms with van der Waals surface area (Å²) >= 11 is 15.6. The lowest BCUT2D eigenvalue weighted by Gasteiger charge is -2.35. The Bertz CT molecular complexity index is 1350. The molecule has 0 saturated heterocycles. The van der Waals surface area contributed by atoms with Gasteiger partial charge in [0, 0.05) is 29.2 Å². The van der Waals surface area contributed by atoms with Crippen molar-refractivity contribution in [1.29, 1.82) is 0 Å². The molecule has 0 aliphatic carbocycles. The predicted octanol–water partition coefficient (Wildman–Crippen LogP) is 7.71. The average molecular weight is 621 g/mol. The van der Waals surface area contributed by atoms with Crippen molar-refractivity contribution >= 4 is 56.9 Å². The molecule has 0 aromatic heterocycles. The third kappa shape index (κ3) is 7.34. The molecule has 1 atom stereocenters. The van der Waals surface area contributed by atoms with Crippen molar-refractivity contribution < 1.29 is 19.1 Å². The summed E-state index contributed by atoms with van der Waals surface area (Å²) in [5.74, 6) is 1.08. The molecule has 1 aliphatic rings. The van der Waals surface area contributed by atoms with Gasteiger partial charge in [0.05, 0.1) is 21.8 Å². The Labute approximate surface area is 240 Å². The molecule has 1 unspecified atom stereocenters. The largest absolute Gasteiger partial charge is 0.457 e. The Morgan fingerprint density at radius 3 is 2.55 bits per heavy atom. The van der Waals surface area contributed by atoms with Crippen LogP contribution in [0.4, 0.5) is 15.3 Å². The van der Waals surface area contributed by atoms with Gasteiger partial charge >= 0.3 is 12.1 Å². The third-order valence-corrected chi connectivity index (χ3v) is 6.92. The number of fused-ring (bicyclic) bond motifs is 1. The highest BCUT2D eigenvalue weighted by Gasteiger charge is 2.32. The van der Waals surface area contributed by atoms with Crippen LogP contribution in [-0.4, -0.2) is 30.3 Å². The van der Waals surface area contributed by atoms with Gasteiger partial charge in [0.2, 0.25) is 0 Å². The number of carbonyl (C=O) groups is 2. The standard InChI is InChI=1S/C28H28BrCl2N3O4/c1-28(2,3)38-27(36)34-16-20(12-17-6-4-5-7-24(17)34)33-26(35)32-15-18-8-9-19(29)13-25(18)37-21-10-11-22(30)23(31)14-21/h4-11,13-14,20H,12,15-16H2,1-3H3,(H2,32,33,35). The second-order valence-corrected chi connectivity index (χ2v) is 11.6. The van der Waals surface area contributed by atoms with Gasteiger partial charge in [-0.3, -0.25) is 4.90 Å². The van der Waals surface area contributed by atoms with E-state index in [1.165, 1.54) is 0 Å². The summed E-state index contributed by atoms with van der Waals surface area (Å²) < 4.78 is 12.5. The van der Waals surface area contributed by atoms with Crippen molar-refractivity contribution in [3.63, 3.8) is 0 Å². The normalized spacial score (nSPS) is 14.9. The number of amides is 3. The minimum Gasteiger partial charge on any atom is -0.457 e. The maximum atomic E-state index is 12.9. The number of para-hydroxylation sites is 1. The van der Waals surface area contributed by atoms with E-state index in [0.717, 1.165) is 21.3 Å². The number of anilines is 1. The van der Waals surface area contributed by atoms with E-state index in [0.29, 0.717) is 34.5 Å². The fourth-order valence-electron chi connectivity index (χ4n) is 4.03. The number of nitrogens with zero attached hydrogens (tertiary/aromatic N) is 1. The summed E-state index contributed by atoms with van der Waals surface area (Å²) in [6.07, 6.45) is 0.142. The van der Waals surface area contributed by atoms with Gasteiger partial charge < -0.3 is 20.1 Å². The zero-order valence-corrected chi connectivity index (χ0v) is 24.3. The summed E-state index contributed by atoms with van der Waals surface area (Å²) in [4.78, 5) is 27.4. The van der Waals surface area contributed by atoms with E-state index >= 15 is 0 Å². The number of urea groups is 1. The van der Waals surface area contributed by atoms with E-state index < -0.39 is 11.7 Å². The highest BCUT2D eigenvalue weighted by atomic mass is 79.9. The van der Waals surface area contributed by atoms with Crippen LogP contribution in [0.3, 0.4) is 0 Å². The van der Waals surface area contributed by atoms with E-state index in [-0.39, 0.29) is 18.6 Å². The molecule has 7 nitrogen and oxygen atoms in total. The number of halogens is 3. The first kappa shape index (κ1) is 28.1. The molecular formula is C28H28BrCl2N3O4. The first-order valence-corrected chi connectivity index (χ1v) is 13.6. The maximum absolute atomic E-state index is 12.9. The SMILES string of the molecule is CC(C)(C)OC(=O)N1CC(NC(=O)NCc2ccc(Br)cc2Oc2ccc(Cl)c(Cl)c2)Cc2ccccc21. The molecule has 0 radical (unpaired) electrons. The van der Waals surface area contributed by atoms with Gasteiger partial charge in [-0.25, -0.2) is 9.59 Å². The lowest BCUT2D eigenvalue weighted by Crippen LogP contribution is -2.53. The smallest absolute Gasteiger partial charge is 0.414 e. The number of ether oxygens (including phenoxy) is 2. The van der Waals surface area contributed by atoms with Crippen LogP contribution < -0.4 is 20.3 Å². The monoisotopic (exact) mass is 619 g/mol. The van der Waals surface area contributed by atoms with E-state index in [1.54, 1.807) is 23.1 Å². The van der Waals surface area contributed by atoms with Crippen molar-refractivity contribution in [2.45, 2.75) is 45.4 Å². The number of rotatable bonds is 5. The lowest BCUT2D eigenvalue weighted by molar-refractivity contribution is 0.0574. The average Bonchev–Trinajstić information content (AvgIpc) is 2.84. The number of hydrogen-bond acceptors (Lipinski definition) is 4. The Kier molecular flexibility index (Phi) is 8.75. The Hall–Kier alpha value is -2.94. The van der Waals surface area contributed by atoms with Crippen molar-refractivity contribution in [2.75, 3.05) is 11.4 Å². The molecule has 3 aromatic rings. The minimum absolute atomic E-state index is 0.217. The first-order valence-electron chi connectivity index (χ1n) is 12.0. The van der Waals surface area contributed by atoms with Crippen molar-refractivity contribution in [1.82, 2.24) is 10.6 Å². The first-order chi connectivity index (χ1) is 18.0. The van der Waals surface area contributed by atoms with E-state index in [1.807, 2.05) is 63.2 Å². The van der Waals surface area contributed by atoms with Crippen LogP contribution >= 0.6 is 39.1 Å². The second-order valence-electron chi connectivity index (χ2n) is 9.88. The fourth-order valence-corrected chi connectivity index (χ4v) is 4.66. The molecule has 0 spiro atoms. The van der Waals surface area contributed by atoms with E-state index in [2.05, 4.69) is 26.6 Å². The highest BCUT2D eigenvalue weighted by molar-refractivity contribution is 9.10. The van der Waals surface area contributed by atoms with Crippen LogP contribution in [-0.2, 0) is 17.7 Å². The number of benzene rings is 3. The summed E-state index contributed by atoms with van der Waals surface area (Å²) in [7, 11) is 0. The van der Waals surface area contributed by atoms with Crippen molar-refractivity contribution in [3.05, 3.63) is 86.3 Å². The maximum Gasteiger partial charge on any atom is 0.414 e. The summed E-state index contributed by atoms with van der Waals surface area (Å²) in [6, 6.07) is 17.5. The van der Waals surface area contributed by atoms with Gasteiger partial charge in [-0.1, -0.05) is 63.4 Å². The molecule has 3 amide bonds. The van der Waals surface area contributed by atoms with Gasteiger partial charge in [-0.15, -0.1) is 0 Å². The molecule has 1 heterocycles. The summed E-state index contributed by atoms with van der Waals surface area (Å²) in [5.41, 5.74) is 1.88. The van der Waals surface area contributed by atoms with E-state index in [4.69, 9.17) is 32.7 Å². The lowest BCUT2D eigenvalue weighted by atomic mass is 9.98. The number of carbonyl (C=O) groups excluding carboxylic acids is 2. The van der Waals surface area contributed by atoms with Crippen molar-refractivity contribution in [3.8, 4) is 11.5 Å². The van der Waals surface area contributed by atoms with Crippen molar-refractivity contribution in [2.24, 2.45) is 0 Å². The zero-order chi connectivity index (χ0) is 27.4. The van der Waals surface area contributed by atoms with Gasteiger partial charge in [0.15, 0.2) is 0 Å². The molecule has 38 heavy (non-hydrogen) atoms. The van der Waals surface area contributed by atoms with Gasteiger partial charge in [0.25, 0.3) is 0 Å². The molecule has 4 rings (SSSR count). The molecule has 1 aliphatic heterocycles. The molecular weight excluding hydrogens is 593 g/mol. The van der Waals surface area contributed by atoms with Crippen LogP contribution in [0.5, 0.6) is 11.5 Å². The molecule has 0 saturated carbocycles. The Morgan fingerprint density at radius 1 is 1.05 bits per heavy atom. The summed E-state index contributed by atoms with van der Waals surface area (Å²) in [5, 5.41) is 6.70. The number of hydrogen-bond donors (Lipinski definition) is 2. The summed E-state index contributed by atoms with van der Waals surface area (Å²) in [6.45, 7) is 5.99. The van der Waals surface area contributed by atoms with Crippen LogP contribution in [0.25, 0.3) is 0 Å². The molecule has 3 aromatic carbocycles. The predicted molar refractivity (Wildman–Crippen MR) is 154 cm³/mol. The molecule has 0 fully saturated rings. The number of nitrogens with one attached hydrogen (secondary N) is 2. The molecule has 0 bridgehead atoms. The quantitative estimate of drug-likeness (QED) is 0.306. The fraction of sp³-hybridized carbons (Fsp3) is 0.286. The van der Waals surface area contributed by atoms with Crippen LogP contribution in [0.1, 0.15) is 31.9 Å².